The molecule has 0 aromatic rings. The highest BCUT2D eigenvalue weighted by Gasteiger charge is 2.16. The maximum absolute atomic E-state index is 10.6. The minimum absolute atomic E-state index is 0.450. The van der Waals surface area contributed by atoms with Gasteiger partial charge in [-0.1, -0.05) is 11.6 Å². The second kappa shape index (κ2) is 3.26. The highest BCUT2D eigenvalue weighted by Crippen LogP contribution is 2.19. The van der Waals surface area contributed by atoms with E-state index in [0.29, 0.717) is 11.7 Å². The van der Waals surface area contributed by atoms with Crippen molar-refractivity contribution in [3.8, 4) is 0 Å². The molecule has 2 nitrogen and oxygen atoms in total. The molecule has 0 radical (unpaired) electrons. The zero-order valence-corrected chi connectivity index (χ0v) is 6.82. The number of hydrogen-bond donors (Lipinski definition) is 0. The Hall–Kier alpha value is -0.210. The van der Waals surface area contributed by atoms with Crippen molar-refractivity contribution in [3.63, 3.8) is 0 Å². The number of carbonyl (C=O) groups is 1. The highest BCUT2D eigenvalue weighted by molar-refractivity contribution is 6.63. The Morgan fingerprint density at radius 3 is 2.80 bits per heavy atom. The molecule has 1 aliphatic rings. The van der Waals surface area contributed by atoms with E-state index >= 15 is 0 Å². The summed E-state index contributed by atoms with van der Waals surface area (Å²) in [7, 11) is 0. The van der Waals surface area contributed by atoms with E-state index in [1.807, 2.05) is 0 Å². The molecule has 0 unspecified atom stereocenters. The Labute approximate surface area is 69.4 Å². The van der Waals surface area contributed by atoms with Crippen molar-refractivity contribution in [3.05, 3.63) is 11.2 Å². The Morgan fingerprint density at radius 1 is 1.70 bits per heavy atom. The largest absolute Gasteiger partial charge is 0.321 e. The molecule has 0 aromatic carbocycles. The molecule has 4 heteroatoms. The minimum Gasteiger partial charge on any atom is -0.289 e. The monoisotopic (exact) mass is 179 g/mol. The second-order valence-electron chi connectivity index (χ2n) is 2.07. The summed E-state index contributed by atoms with van der Waals surface area (Å²) in [6, 6.07) is 0. The minimum atomic E-state index is -0.499. The normalized spacial score (nSPS) is 18.6. The molecule has 1 aliphatic heterocycles. The van der Waals surface area contributed by atoms with Gasteiger partial charge in [-0.15, -0.1) is 0 Å². The van der Waals surface area contributed by atoms with Crippen LogP contribution in [-0.2, 0) is 0 Å². The number of rotatable bonds is 0. The Balaban J connectivity index is 2.67. The summed E-state index contributed by atoms with van der Waals surface area (Å²) in [4.78, 5) is 11.9. The fourth-order valence-electron chi connectivity index (χ4n) is 0.859. The lowest BCUT2D eigenvalue weighted by molar-refractivity contribution is 0.234. The van der Waals surface area contributed by atoms with Gasteiger partial charge in [-0.3, -0.25) is 9.69 Å². The maximum atomic E-state index is 10.6. The third-order valence-corrected chi connectivity index (χ3v) is 1.93. The molecule has 1 rings (SSSR count). The van der Waals surface area contributed by atoms with Crippen LogP contribution in [0.25, 0.3) is 0 Å². The first kappa shape index (κ1) is 7.89. The van der Waals surface area contributed by atoms with Gasteiger partial charge in [-0.25, -0.2) is 0 Å². The van der Waals surface area contributed by atoms with Gasteiger partial charge in [0.2, 0.25) is 0 Å². The van der Waals surface area contributed by atoms with Gasteiger partial charge in [0, 0.05) is 6.54 Å². The molecule has 1 amide bonds. The van der Waals surface area contributed by atoms with Gasteiger partial charge in [-0.05, 0) is 30.5 Å². The first-order valence-corrected chi connectivity index (χ1v) is 3.80. The molecule has 0 saturated carbocycles. The Bertz CT molecular complexity index is 179. The summed E-state index contributed by atoms with van der Waals surface area (Å²) in [5.41, 5.74) is 0. The summed E-state index contributed by atoms with van der Waals surface area (Å²) in [5, 5.41) is -0.0489. The van der Waals surface area contributed by atoms with Crippen molar-refractivity contribution in [2.45, 2.75) is 12.8 Å². The topological polar surface area (TPSA) is 20.3 Å². The third kappa shape index (κ3) is 1.64. The predicted molar refractivity (Wildman–Crippen MR) is 41.1 cm³/mol. The lowest BCUT2D eigenvalue weighted by Gasteiger charge is -2.21. The Morgan fingerprint density at radius 2 is 2.40 bits per heavy atom. The van der Waals surface area contributed by atoms with Gasteiger partial charge >= 0.3 is 5.37 Å². The highest BCUT2D eigenvalue weighted by atomic mass is 35.5. The van der Waals surface area contributed by atoms with Crippen molar-refractivity contribution >= 4 is 28.6 Å². The number of allylic oxidation sites excluding steroid dienone is 1. The molecule has 0 aliphatic carbocycles. The smallest absolute Gasteiger partial charge is 0.289 e. The van der Waals surface area contributed by atoms with Crippen molar-refractivity contribution in [2.24, 2.45) is 0 Å². The van der Waals surface area contributed by atoms with E-state index in [1.54, 1.807) is 6.08 Å². The maximum Gasteiger partial charge on any atom is 0.321 e. The molecule has 1 heterocycles. The molecule has 10 heavy (non-hydrogen) atoms. The Kier molecular flexibility index (Phi) is 2.57. The number of halogens is 2. The van der Waals surface area contributed by atoms with Gasteiger partial charge in [-0.2, -0.15) is 0 Å². The van der Waals surface area contributed by atoms with Crippen LogP contribution in [0.2, 0.25) is 0 Å². The molecule has 0 saturated heterocycles. The van der Waals surface area contributed by atoms with E-state index < -0.39 is 5.37 Å². The van der Waals surface area contributed by atoms with Crippen molar-refractivity contribution < 1.29 is 4.79 Å². The predicted octanol–water partition coefficient (Wildman–Crippen LogP) is 2.52. The third-order valence-electron chi connectivity index (χ3n) is 1.37. The summed E-state index contributed by atoms with van der Waals surface area (Å²) in [6.45, 7) is 0.637. The summed E-state index contributed by atoms with van der Waals surface area (Å²) >= 11 is 10.9. The van der Waals surface area contributed by atoms with Gasteiger partial charge in [0.1, 0.15) is 5.16 Å². The summed E-state index contributed by atoms with van der Waals surface area (Å²) in [6.07, 6.45) is 3.67. The lowest BCUT2D eigenvalue weighted by Crippen LogP contribution is -2.26. The van der Waals surface area contributed by atoms with Crippen molar-refractivity contribution in [2.75, 3.05) is 6.54 Å². The van der Waals surface area contributed by atoms with Crippen LogP contribution in [0, 0.1) is 0 Å². The van der Waals surface area contributed by atoms with Gasteiger partial charge in [0.25, 0.3) is 0 Å². The van der Waals surface area contributed by atoms with Crippen molar-refractivity contribution in [1.29, 1.82) is 0 Å². The van der Waals surface area contributed by atoms with Crippen LogP contribution < -0.4 is 0 Å². The van der Waals surface area contributed by atoms with Crippen LogP contribution >= 0.6 is 23.2 Å². The van der Waals surface area contributed by atoms with E-state index in [2.05, 4.69) is 0 Å². The van der Waals surface area contributed by atoms with Crippen molar-refractivity contribution in [1.82, 2.24) is 4.90 Å². The first-order valence-electron chi connectivity index (χ1n) is 3.04. The zero-order valence-electron chi connectivity index (χ0n) is 5.31. The fraction of sp³-hybridized carbons (Fsp3) is 0.500. The molecule has 0 bridgehead atoms. The quantitative estimate of drug-likeness (QED) is 0.414. The number of amides is 1. The van der Waals surface area contributed by atoms with E-state index in [1.165, 1.54) is 4.90 Å². The average Bonchev–Trinajstić information content (AvgIpc) is 1.88. The number of nitrogens with zero attached hydrogens (tertiary/aromatic N) is 1. The van der Waals surface area contributed by atoms with Crippen LogP contribution in [0.1, 0.15) is 12.8 Å². The van der Waals surface area contributed by atoms with Gasteiger partial charge in [0.15, 0.2) is 0 Å². The average molecular weight is 180 g/mol. The molecule has 0 N–H and O–H groups in total. The molecule has 0 atom stereocenters. The van der Waals surface area contributed by atoms with Crippen LogP contribution in [0.5, 0.6) is 0 Å². The molecule has 0 fully saturated rings. The van der Waals surface area contributed by atoms with Crippen LogP contribution in [0.3, 0.4) is 0 Å². The molecular weight excluding hydrogens is 173 g/mol. The second-order valence-corrected chi connectivity index (χ2v) is 2.78. The number of hydrogen-bond acceptors (Lipinski definition) is 1. The fourth-order valence-corrected chi connectivity index (χ4v) is 1.35. The van der Waals surface area contributed by atoms with E-state index in [-0.39, 0.29) is 0 Å². The van der Waals surface area contributed by atoms with Gasteiger partial charge in [0.05, 0.1) is 0 Å². The molecule has 56 valence electrons. The molecule has 0 aromatic heterocycles. The number of carbonyl (C=O) groups excluding carboxylic acids is 1. The first-order chi connectivity index (χ1) is 4.72. The van der Waals surface area contributed by atoms with Gasteiger partial charge < -0.3 is 0 Å². The zero-order chi connectivity index (χ0) is 7.56. The SMILES string of the molecule is O=C(Cl)N1CCCC=C1Cl. The summed E-state index contributed by atoms with van der Waals surface area (Å²) < 4.78 is 0. The van der Waals surface area contributed by atoms with Crippen LogP contribution in [-0.4, -0.2) is 16.8 Å². The van der Waals surface area contributed by atoms with E-state index in [9.17, 15) is 4.79 Å². The summed E-state index contributed by atoms with van der Waals surface area (Å²) in [5.74, 6) is 0. The molecule has 0 spiro atoms. The van der Waals surface area contributed by atoms with Crippen LogP contribution in [0.4, 0.5) is 4.79 Å². The lowest BCUT2D eigenvalue weighted by atomic mass is 10.2. The van der Waals surface area contributed by atoms with Crippen LogP contribution in [0.15, 0.2) is 11.2 Å². The van der Waals surface area contributed by atoms with E-state index in [0.717, 1.165) is 12.8 Å². The standard InChI is InChI=1S/C6H7Cl2NO/c7-5-3-1-2-4-9(5)6(8)10/h3H,1-2,4H2. The molecular formula is C6H7Cl2NO. The van der Waals surface area contributed by atoms with E-state index in [4.69, 9.17) is 23.2 Å².